The number of thioether (sulfide) groups is 1. The van der Waals surface area contributed by atoms with E-state index >= 15 is 0 Å². The molecule has 0 atom stereocenters. The highest BCUT2D eigenvalue weighted by Crippen LogP contribution is 2.25. The topological polar surface area (TPSA) is 144 Å². The number of aromatic carboxylic acids is 1. The Kier molecular flexibility index (Phi) is 6.95. The minimum absolute atomic E-state index is 0.206. The molecule has 0 saturated heterocycles. The molecule has 0 bridgehead atoms. The van der Waals surface area contributed by atoms with Gasteiger partial charge in [0.1, 0.15) is 11.3 Å². The van der Waals surface area contributed by atoms with E-state index in [0.29, 0.717) is 11.3 Å². The van der Waals surface area contributed by atoms with E-state index in [1.54, 1.807) is 23.9 Å². The number of hydrogen-bond donors (Lipinski definition) is 5. The number of benzene rings is 2. The number of carboxylic acid groups (broad SMARTS) is 1. The van der Waals surface area contributed by atoms with Crippen molar-refractivity contribution in [2.75, 3.05) is 6.26 Å². The molecule has 1 aromatic heterocycles. The Morgan fingerprint density at radius 1 is 1.11 bits per heavy atom. The zero-order chi connectivity index (χ0) is 20.0. The number of aromatic amines is 1. The number of hydrogen-bond acceptors (Lipinski definition) is 4. The molecule has 0 radical (unpaired) electrons. The number of carbonyl (C=O) groups is 1. The number of aromatic nitrogens is 2. The molecule has 10 heteroatoms. The summed E-state index contributed by atoms with van der Waals surface area (Å²) in [5, 5.41) is 9.18. The summed E-state index contributed by atoms with van der Waals surface area (Å²) in [5.74, 6) is -0.335. The zero-order valence-electron chi connectivity index (χ0n) is 14.1. The third kappa shape index (κ3) is 6.67. The second-order valence-corrected chi connectivity index (χ2v) is 7.15. The molecule has 0 spiro atoms. The monoisotopic (exact) mass is 408 g/mol. The van der Waals surface area contributed by atoms with Gasteiger partial charge in [0, 0.05) is 4.90 Å². The van der Waals surface area contributed by atoms with Crippen molar-refractivity contribution in [2.24, 2.45) is 0 Å². The first-order valence-electron chi connectivity index (χ1n) is 7.50. The summed E-state index contributed by atoms with van der Waals surface area (Å²) in [4.78, 5) is 41.4. The summed E-state index contributed by atoms with van der Waals surface area (Å²) in [6, 6.07) is 13.3. The average Bonchev–Trinajstić information content (AvgIpc) is 3.01. The summed E-state index contributed by atoms with van der Waals surface area (Å²) < 4.78 is 8.88. The van der Waals surface area contributed by atoms with Crippen LogP contribution in [0.25, 0.3) is 23.2 Å². The van der Waals surface area contributed by atoms with Gasteiger partial charge in [0.2, 0.25) is 0 Å². The molecule has 0 fully saturated rings. The van der Waals surface area contributed by atoms with Crippen molar-refractivity contribution < 1.29 is 29.1 Å². The molecule has 2 aromatic carbocycles. The van der Waals surface area contributed by atoms with Crippen LogP contribution in [0.2, 0.25) is 0 Å². The van der Waals surface area contributed by atoms with Gasteiger partial charge in [0.05, 0.1) is 11.1 Å². The number of nitrogens with zero attached hydrogens (tertiary/aromatic N) is 1. The van der Waals surface area contributed by atoms with Crippen LogP contribution in [0.15, 0.2) is 47.4 Å². The Bertz CT molecular complexity index is 1000. The second kappa shape index (κ2) is 8.98. The Morgan fingerprint density at radius 2 is 1.74 bits per heavy atom. The first kappa shape index (κ1) is 20.9. The maximum absolute atomic E-state index is 11.2. The Hall–Kier alpha value is -2.42. The molecule has 3 aromatic rings. The van der Waals surface area contributed by atoms with Crippen LogP contribution in [0.4, 0.5) is 0 Å². The van der Waals surface area contributed by atoms with Crippen molar-refractivity contribution in [2.45, 2.75) is 4.90 Å². The van der Waals surface area contributed by atoms with Gasteiger partial charge in [0.15, 0.2) is 0 Å². The molecule has 0 unspecified atom stereocenters. The standard InChI is InChI=1S/C17H14N2O2S.H3O4P/c1-22-12-8-5-11(6-9-12)7-10-15-18-14-4-2-3-13(17(20)21)16(14)19-15;1-5(2,3)4/h2-10H,1H3,(H,18,19)(H,20,21);(H3,1,2,3,4)/b10-7+;. The lowest BCUT2D eigenvalue weighted by molar-refractivity contribution is 0.0698. The molecule has 0 aliphatic heterocycles. The second-order valence-electron chi connectivity index (χ2n) is 5.25. The van der Waals surface area contributed by atoms with Crippen LogP contribution in [-0.4, -0.2) is 42.0 Å². The molecule has 3 rings (SSSR count). The van der Waals surface area contributed by atoms with Crippen LogP contribution in [0.5, 0.6) is 0 Å². The number of nitrogens with one attached hydrogen (secondary N) is 1. The predicted octanol–water partition coefficient (Wildman–Crippen LogP) is 3.22. The van der Waals surface area contributed by atoms with E-state index in [2.05, 4.69) is 22.1 Å². The summed E-state index contributed by atoms with van der Waals surface area (Å²) in [6.07, 6.45) is 5.83. The molecular formula is C17H17N2O6PS. The Labute approximate surface area is 158 Å². The lowest BCUT2D eigenvalue weighted by atomic mass is 10.2. The van der Waals surface area contributed by atoms with Gasteiger partial charge < -0.3 is 24.8 Å². The van der Waals surface area contributed by atoms with Crippen molar-refractivity contribution in [3.8, 4) is 0 Å². The lowest BCUT2D eigenvalue weighted by Gasteiger charge is -1.96. The van der Waals surface area contributed by atoms with E-state index in [4.69, 9.17) is 19.2 Å². The van der Waals surface area contributed by atoms with E-state index in [9.17, 15) is 9.90 Å². The van der Waals surface area contributed by atoms with E-state index in [-0.39, 0.29) is 5.56 Å². The van der Waals surface area contributed by atoms with Gasteiger partial charge in [-0.25, -0.2) is 14.3 Å². The largest absolute Gasteiger partial charge is 0.478 e. The lowest BCUT2D eigenvalue weighted by Crippen LogP contribution is -1.96. The molecule has 142 valence electrons. The molecule has 5 N–H and O–H groups in total. The number of imidazole rings is 1. The van der Waals surface area contributed by atoms with Crippen molar-refractivity contribution >= 4 is 48.7 Å². The van der Waals surface area contributed by atoms with E-state index < -0.39 is 13.8 Å². The fourth-order valence-corrected chi connectivity index (χ4v) is 2.60. The summed E-state index contributed by atoms with van der Waals surface area (Å²) in [7, 11) is -4.64. The average molecular weight is 408 g/mol. The normalized spacial score (nSPS) is 11.4. The van der Waals surface area contributed by atoms with Crippen molar-refractivity contribution in [1.82, 2.24) is 9.97 Å². The first-order chi connectivity index (χ1) is 12.7. The maximum Gasteiger partial charge on any atom is 0.466 e. The van der Waals surface area contributed by atoms with Crippen molar-refractivity contribution in [3.63, 3.8) is 0 Å². The number of rotatable bonds is 4. The first-order valence-corrected chi connectivity index (χ1v) is 10.3. The van der Waals surface area contributed by atoms with Gasteiger partial charge in [0.25, 0.3) is 0 Å². The molecular weight excluding hydrogens is 391 g/mol. The number of carboxylic acids is 1. The fraction of sp³-hybridized carbons (Fsp3) is 0.0588. The molecule has 0 aliphatic carbocycles. The third-order valence-corrected chi connectivity index (χ3v) is 4.05. The zero-order valence-corrected chi connectivity index (χ0v) is 15.8. The highest BCUT2D eigenvalue weighted by molar-refractivity contribution is 7.98. The molecule has 0 aliphatic rings. The smallest absolute Gasteiger partial charge is 0.466 e. The predicted molar refractivity (Wildman–Crippen MR) is 104 cm³/mol. The highest BCUT2D eigenvalue weighted by Gasteiger charge is 2.11. The van der Waals surface area contributed by atoms with Crippen LogP contribution < -0.4 is 0 Å². The molecule has 1 heterocycles. The van der Waals surface area contributed by atoms with Gasteiger partial charge >= 0.3 is 13.8 Å². The highest BCUT2D eigenvalue weighted by atomic mass is 32.2. The van der Waals surface area contributed by atoms with Crippen LogP contribution in [0.3, 0.4) is 0 Å². The number of para-hydroxylation sites is 1. The molecule has 27 heavy (non-hydrogen) atoms. The van der Waals surface area contributed by atoms with Crippen molar-refractivity contribution in [3.05, 3.63) is 59.4 Å². The number of H-pyrrole nitrogens is 1. The van der Waals surface area contributed by atoms with E-state index in [0.717, 1.165) is 11.1 Å². The van der Waals surface area contributed by atoms with E-state index in [1.807, 2.05) is 36.6 Å². The van der Waals surface area contributed by atoms with Gasteiger partial charge in [-0.15, -0.1) is 11.8 Å². The van der Waals surface area contributed by atoms with Crippen LogP contribution in [-0.2, 0) is 4.57 Å². The minimum atomic E-state index is -4.64. The SMILES string of the molecule is CSc1ccc(/C=C/c2nc3c(C(=O)O)cccc3[nH]2)cc1.O=P(O)(O)O. The summed E-state index contributed by atoms with van der Waals surface area (Å²) in [5.41, 5.74) is 2.47. The Morgan fingerprint density at radius 3 is 2.30 bits per heavy atom. The van der Waals surface area contributed by atoms with Crippen LogP contribution in [0.1, 0.15) is 21.7 Å². The number of phosphoric acid groups is 1. The fourth-order valence-electron chi connectivity index (χ4n) is 2.19. The Balaban J connectivity index is 0.000000465. The van der Waals surface area contributed by atoms with Gasteiger partial charge in [-0.2, -0.15) is 0 Å². The minimum Gasteiger partial charge on any atom is -0.478 e. The van der Waals surface area contributed by atoms with Crippen LogP contribution >= 0.6 is 19.6 Å². The molecule has 8 nitrogen and oxygen atoms in total. The summed E-state index contributed by atoms with van der Waals surface area (Å²) in [6.45, 7) is 0. The molecule has 0 amide bonds. The van der Waals surface area contributed by atoms with Crippen molar-refractivity contribution in [1.29, 1.82) is 0 Å². The maximum atomic E-state index is 11.2. The third-order valence-electron chi connectivity index (χ3n) is 3.31. The summed E-state index contributed by atoms with van der Waals surface area (Å²) >= 11 is 1.70. The van der Waals surface area contributed by atoms with Gasteiger partial charge in [-0.1, -0.05) is 24.3 Å². The molecule has 0 saturated carbocycles. The van der Waals surface area contributed by atoms with Crippen LogP contribution in [0, 0.1) is 0 Å². The van der Waals surface area contributed by atoms with Gasteiger partial charge in [-0.05, 0) is 42.2 Å². The van der Waals surface area contributed by atoms with E-state index in [1.165, 1.54) is 4.90 Å². The quantitative estimate of drug-likeness (QED) is 0.327. The number of fused-ring (bicyclic) bond motifs is 1. The van der Waals surface area contributed by atoms with Gasteiger partial charge in [-0.3, -0.25) is 0 Å².